The first-order valence-corrected chi connectivity index (χ1v) is 8.86. The second kappa shape index (κ2) is 8.50. The van der Waals surface area contributed by atoms with Gasteiger partial charge in [-0.15, -0.1) is 0 Å². The van der Waals surface area contributed by atoms with Gasteiger partial charge in [-0.05, 0) is 47.4 Å². The molecule has 0 heterocycles. The molecular weight excluding hydrogens is 342 g/mol. The van der Waals surface area contributed by atoms with Crippen molar-refractivity contribution in [2.24, 2.45) is 0 Å². The molecule has 0 fully saturated rings. The fourth-order valence-electron chi connectivity index (χ4n) is 2.83. The van der Waals surface area contributed by atoms with E-state index in [9.17, 15) is 4.79 Å². The van der Waals surface area contributed by atoms with Crippen molar-refractivity contribution in [3.8, 4) is 0 Å². The van der Waals surface area contributed by atoms with Crippen LogP contribution in [-0.2, 0) is 4.79 Å². The zero-order valence-corrected chi connectivity index (χ0v) is 15.3. The summed E-state index contributed by atoms with van der Waals surface area (Å²) in [6, 6.07) is 25.3. The van der Waals surface area contributed by atoms with Crippen molar-refractivity contribution < 1.29 is 4.79 Å². The highest BCUT2D eigenvalue weighted by Crippen LogP contribution is 2.24. The number of aryl methyl sites for hydroxylation is 1. The van der Waals surface area contributed by atoms with Crippen LogP contribution in [-0.4, -0.2) is 5.91 Å². The average molecular weight is 362 g/mol. The Kier molecular flexibility index (Phi) is 5.88. The molecule has 0 radical (unpaired) electrons. The molecule has 1 amide bonds. The molecule has 0 unspecified atom stereocenters. The average Bonchev–Trinajstić information content (AvgIpc) is 2.67. The molecule has 0 aliphatic heterocycles. The molecule has 26 heavy (non-hydrogen) atoms. The van der Waals surface area contributed by atoms with Gasteiger partial charge in [-0.1, -0.05) is 78.3 Å². The molecule has 3 rings (SSSR count). The van der Waals surface area contributed by atoms with Gasteiger partial charge >= 0.3 is 0 Å². The number of amides is 1. The van der Waals surface area contributed by atoms with Crippen molar-refractivity contribution in [2.75, 3.05) is 0 Å². The first kappa shape index (κ1) is 18.0. The lowest BCUT2D eigenvalue weighted by molar-refractivity contribution is -0.116. The Bertz CT molecular complexity index is 901. The molecule has 1 N–H and O–H groups in total. The number of hydrogen-bond donors (Lipinski definition) is 1. The molecule has 0 aromatic heterocycles. The molecule has 130 valence electrons. The van der Waals surface area contributed by atoms with Crippen LogP contribution in [0.5, 0.6) is 0 Å². The van der Waals surface area contributed by atoms with Gasteiger partial charge in [-0.2, -0.15) is 0 Å². The number of rotatable bonds is 5. The van der Waals surface area contributed by atoms with Crippen LogP contribution in [0.2, 0.25) is 5.02 Å². The molecule has 0 spiro atoms. The molecular formula is C23H20ClNO. The summed E-state index contributed by atoms with van der Waals surface area (Å²) in [6.45, 7) is 2.06. The Labute approximate surface area is 159 Å². The van der Waals surface area contributed by atoms with Gasteiger partial charge in [-0.25, -0.2) is 0 Å². The predicted octanol–water partition coefficient (Wildman–Crippen LogP) is 5.57. The van der Waals surface area contributed by atoms with Gasteiger partial charge in [0.05, 0.1) is 6.04 Å². The largest absolute Gasteiger partial charge is 0.342 e. The molecule has 0 aliphatic carbocycles. The number of carbonyl (C=O) groups excluding carboxylic acids is 1. The molecule has 3 aromatic rings. The summed E-state index contributed by atoms with van der Waals surface area (Å²) in [6.07, 6.45) is 3.34. The number of carbonyl (C=O) groups is 1. The zero-order valence-electron chi connectivity index (χ0n) is 14.5. The first-order chi connectivity index (χ1) is 12.6. The monoisotopic (exact) mass is 361 g/mol. The lowest BCUT2D eigenvalue weighted by atomic mass is 9.95. The maximum atomic E-state index is 12.5. The Morgan fingerprint density at radius 2 is 1.58 bits per heavy atom. The van der Waals surface area contributed by atoms with Crippen molar-refractivity contribution in [3.05, 3.63) is 112 Å². The van der Waals surface area contributed by atoms with E-state index in [1.807, 2.05) is 54.6 Å². The highest BCUT2D eigenvalue weighted by Gasteiger charge is 2.17. The number of halogens is 1. The van der Waals surface area contributed by atoms with Crippen LogP contribution in [0.3, 0.4) is 0 Å². The fraction of sp³-hybridized carbons (Fsp3) is 0.0870. The van der Waals surface area contributed by atoms with Crippen LogP contribution < -0.4 is 5.32 Å². The lowest BCUT2D eigenvalue weighted by Crippen LogP contribution is -2.28. The smallest absolute Gasteiger partial charge is 0.244 e. The van der Waals surface area contributed by atoms with Gasteiger partial charge in [0.1, 0.15) is 0 Å². The van der Waals surface area contributed by atoms with Crippen molar-refractivity contribution in [3.63, 3.8) is 0 Å². The van der Waals surface area contributed by atoms with Gasteiger partial charge in [0, 0.05) is 11.1 Å². The summed E-state index contributed by atoms with van der Waals surface area (Å²) in [5, 5.41) is 3.80. The summed E-state index contributed by atoms with van der Waals surface area (Å²) in [5.74, 6) is -0.142. The Morgan fingerprint density at radius 1 is 0.923 bits per heavy atom. The minimum Gasteiger partial charge on any atom is -0.342 e. The third-order valence-electron chi connectivity index (χ3n) is 4.22. The molecule has 3 aromatic carbocycles. The fourth-order valence-corrected chi connectivity index (χ4v) is 2.96. The SMILES string of the molecule is Cc1ccccc1[C@H](NC(=O)/C=C/c1ccc(Cl)cc1)c1ccccc1. The van der Waals surface area contributed by atoms with Crippen LogP contribution >= 0.6 is 11.6 Å². The standard InChI is InChI=1S/C23H20ClNO/c1-17-7-5-6-10-21(17)23(19-8-3-2-4-9-19)25-22(26)16-13-18-11-14-20(24)15-12-18/h2-16,23H,1H3,(H,25,26)/b16-13+/t23-/m1/s1. The summed E-state index contributed by atoms with van der Waals surface area (Å²) >= 11 is 5.89. The number of hydrogen-bond acceptors (Lipinski definition) is 1. The lowest BCUT2D eigenvalue weighted by Gasteiger charge is -2.21. The second-order valence-electron chi connectivity index (χ2n) is 6.09. The third kappa shape index (κ3) is 4.62. The second-order valence-corrected chi connectivity index (χ2v) is 6.53. The molecule has 0 saturated heterocycles. The van der Waals surface area contributed by atoms with E-state index in [1.165, 1.54) is 0 Å². The van der Waals surface area contributed by atoms with Gasteiger partial charge < -0.3 is 5.32 Å². The van der Waals surface area contributed by atoms with E-state index in [0.29, 0.717) is 5.02 Å². The number of nitrogens with one attached hydrogen (secondary N) is 1. The van der Waals surface area contributed by atoms with E-state index in [1.54, 1.807) is 24.3 Å². The summed E-state index contributed by atoms with van der Waals surface area (Å²) < 4.78 is 0. The Morgan fingerprint density at radius 3 is 2.27 bits per heavy atom. The maximum Gasteiger partial charge on any atom is 0.244 e. The minimum atomic E-state index is -0.195. The van der Waals surface area contributed by atoms with E-state index >= 15 is 0 Å². The van der Waals surface area contributed by atoms with Crippen molar-refractivity contribution in [1.29, 1.82) is 0 Å². The molecule has 0 bridgehead atoms. The summed E-state index contributed by atoms with van der Waals surface area (Å²) in [5.41, 5.74) is 4.21. The normalized spacial score (nSPS) is 12.1. The summed E-state index contributed by atoms with van der Waals surface area (Å²) in [7, 11) is 0. The van der Waals surface area contributed by atoms with E-state index in [2.05, 4.69) is 24.4 Å². The van der Waals surface area contributed by atoms with Crippen molar-refractivity contribution in [1.82, 2.24) is 5.32 Å². The van der Waals surface area contributed by atoms with Crippen molar-refractivity contribution >= 4 is 23.6 Å². The topological polar surface area (TPSA) is 29.1 Å². The molecule has 0 aliphatic rings. The maximum absolute atomic E-state index is 12.5. The van der Waals surface area contributed by atoms with Gasteiger partial charge in [-0.3, -0.25) is 4.79 Å². The summed E-state index contributed by atoms with van der Waals surface area (Å²) in [4.78, 5) is 12.5. The minimum absolute atomic E-state index is 0.142. The van der Waals surface area contributed by atoms with Gasteiger partial charge in [0.2, 0.25) is 5.91 Å². The zero-order chi connectivity index (χ0) is 18.4. The predicted molar refractivity (Wildman–Crippen MR) is 108 cm³/mol. The van der Waals surface area contributed by atoms with Crippen molar-refractivity contribution in [2.45, 2.75) is 13.0 Å². The van der Waals surface area contributed by atoms with Gasteiger partial charge in [0.15, 0.2) is 0 Å². The quantitative estimate of drug-likeness (QED) is 0.591. The number of benzene rings is 3. The third-order valence-corrected chi connectivity index (χ3v) is 4.47. The Balaban J connectivity index is 1.83. The first-order valence-electron chi connectivity index (χ1n) is 8.48. The van der Waals surface area contributed by atoms with Crippen LogP contribution in [0.25, 0.3) is 6.08 Å². The molecule has 2 nitrogen and oxygen atoms in total. The van der Waals surface area contributed by atoms with Crippen LogP contribution in [0.4, 0.5) is 0 Å². The van der Waals surface area contributed by atoms with Gasteiger partial charge in [0.25, 0.3) is 0 Å². The molecule has 3 heteroatoms. The highest BCUT2D eigenvalue weighted by atomic mass is 35.5. The Hall–Kier alpha value is -2.84. The van der Waals surface area contributed by atoms with E-state index in [0.717, 1.165) is 22.3 Å². The van der Waals surface area contributed by atoms with Crippen LogP contribution in [0.15, 0.2) is 84.9 Å². The van der Waals surface area contributed by atoms with E-state index in [4.69, 9.17) is 11.6 Å². The van der Waals surface area contributed by atoms with Crippen LogP contribution in [0, 0.1) is 6.92 Å². The van der Waals surface area contributed by atoms with E-state index < -0.39 is 0 Å². The van der Waals surface area contributed by atoms with Crippen LogP contribution in [0.1, 0.15) is 28.3 Å². The molecule has 0 saturated carbocycles. The molecule has 1 atom stereocenters. The highest BCUT2D eigenvalue weighted by molar-refractivity contribution is 6.30. The van der Waals surface area contributed by atoms with E-state index in [-0.39, 0.29) is 11.9 Å².